The summed E-state index contributed by atoms with van der Waals surface area (Å²) in [5, 5.41) is 11.0. The van der Waals surface area contributed by atoms with Gasteiger partial charge in [-0.3, -0.25) is 19.8 Å². The van der Waals surface area contributed by atoms with Crippen molar-refractivity contribution in [3.8, 4) is 0 Å². The van der Waals surface area contributed by atoms with Crippen molar-refractivity contribution in [2.75, 3.05) is 4.90 Å². The van der Waals surface area contributed by atoms with Crippen molar-refractivity contribution in [3.05, 3.63) is 52.2 Å². The molecule has 0 atom stereocenters. The molecular weight excluding hydrogens is 302 g/mol. The number of pyridine rings is 1. The fraction of sp³-hybridized carbons (Fsp3) is 0.200. The summed E-state index contributed by atoms with van der Waals surface area (Å²) in [6, 6.07) is 8.34. The van der Waals surface area contributed by atoms with Gasteiger partial charge in [-0.05, 0) is 31.0 Å². The van der Waals surface area contributed by atoms with Gasteiger partial charge in [0.2, 0.25) is 0 Å². The average molecular weight is 313 g/mol. The first-order valence-electron chi connectivity index (χ1n) is 6.90. The number of non-ortho nitro benzene ring substituents is 1. The Morgan fingerprint density at radius 1 is 1.27 bits per heavy atom. The number of carbonyl (C=O) groups excluding carboxylic acids is 1. The fourth-order valence-electron chi connectivity index (χ4n) is 2.55. The van der Waals surface area contributed by atoms with Gasteiger partial charge in [0.15, 0.2) is 0 Å². The zero-order chi connectivity index (χ0) is 15.3. The third-order valence-electron chi connectivity index (χ3n) is 3.73. The third kappa shape index (κ3) is 2.05. The van der Waals surface area contributed by atoms with E-state index in [4.69, 9.17) is 0 Å². The van der Waals surface area contributed by atoms with E-state index in [1.54, 1.807) is 17.2 Å². The number of aromatic nitrogens is 1. The first kappa shape index (κ1) is 13.3. The van der Waals surface area contributed by atoms with Crippen LogP contribution in [-0.2, 0) is 0 Å². The lowest BCUT2D eigenvalue weighted by molar-refractivity contribution is -0.384. The van der Waals surface area contributed by atoms with Crippen LogP contribution in [0.15, 0.2) is 46.3 Å². The van der Waals surface area contributed by atoms with E-state index >= 15 is 0 Å². The molecule has 1 aromatic heterocycles. The lowest BCUT2D eigenvalue weighted by atomic mass is 10.1. The normalized spacial score (nSPS) is 16.7. The minimum Gasteiger partial charge on any atom is -0.289 e. The number of nitro groups is 1. The number of rotatable bonds is 2. The van der Waals surface area contributed by atoms with Gasteiger partial charge in [-0.1, -0.05) is 11.8 Å². The average Bonchev–Trinajstić information content (AvgIpc) is 3.33. The minimum absolute atomic E-state index is 0.0673. The number of nitro benzene ring substituents is 1. The maximum atomic E-state index is 12.9. The molecular formula is C15H11N3O3S. The van der Waals surface area contributed by atoms with Crippen molar-refractivity contribution in [1.82, 2.24) is 4.98 Å². The maximum Gasteiger partial charge on any atom is 0.270 e. The second-order valence-electron chi connectivity index (χ2n) is 5.27. The number of nitrogens with zero attached hydrogens (tertiary/aromatic N) is 3. The SMILES string of the molecule is O=C1c2cc([N+](=O)[O-])ccc2Sc2cccnc2N1C1CC1. The summed E-state index contributed by atoms with van der Waals surface area (Å²) in [4.78, 5) is 31.1. The summed E-state index contributed by atoms with van der Waals surface area (Å²) in [6.45, 7) is 0. The van der Waals surface area contributed by atoms with Crippen LogP contribution < -0.4 is 4.90 Å². The van der Waals surface area contributed by atoms with Gasteiger partial charge in [0.25, 0.3) is 11.6 Å². The number of carbonyl (C=O) groups is 1. The van der Waals surface area contributed by atoms with E-state index in [2.05, 4.69) is 4.98 Å². The number of amides is 1. The van der Waals surface area contributed by atoms with Gasteiger partial charge in [0, 0.05) is 29.3 Å². The molecule has 2 aliphatic rings. The highest BCUT2D eigenvalue weighted by Gasteiger charge is 2.39. The quantitative estimate of drug-likeness (QED) is 0.628. The Morgan fingerprint density at radius 3 is 2.82 bits per heavy atom. The number of benzene rings is 1. The van der Waals surface area contributed by atoms with Crippen molar-refractivity contribution in [3.63, 3.8) is 0 Å². The molecule has 2 aromatic rings. The van der Waals surface area contributed by atoms with Gasteiger partial charge in [0.1, 0.15) is 5.82 Å². The third-order valence-corrected chi connectivity index (χ3v) is 4.85. The molecule has 0 bridgehead atoms. The Morgan fingerprint density at radius 2 is 2.09 bits per heavy atom. The largest absolute Gasteiger partial charge is 0.289 e. The van der Waals surface area contributed by atoms with E-state index in [9.17, 15) is 14.9 Å². The summed E-state index contributed by atoms with van der Waals surface area (Å²) in [7, 11) is 0. The summed E-state index contributed by atoms with van der Waals surface area (Å²) in [5.74, 6) is 0.449. The topological polar surface area (TPSA) is 76.3 Å². The maximum absolute atomic E-state index is 12.9. The Balaban J connectivity index is 1.91. The monoisotopic (exact) mass is 313 g/mol. The van der Waals surface area contributed by atoms with Crippen molar-refractivity contribution >= 4 is 29.2 Å². The van der Waals surface area contributed by atoms with E-state index in [0.29, 0.717) is 11.4 Å². The second kappa shape index (κ2) is 4.81. The first-order chi connectivity index (χ1) is 10.6. The molecule has 0 N–H and O–H groups in total. The van der Waals surface area contributed by atoms with Crippen LogP contribution in [-0.4, -0.2) is 21.9 Å². The molecule has 7 heteroatoms. The molecule has 1 saturated carbocycles. The predicted octanol–water partition coefficient (Wildman–Crippen LogP) is 3.26. The zero-order valence-electron chi connectivity index (χ0n) is 11.4. The van der Waals surface area contributed by atoms with E-state index in [0.717, 1.165) is 22.6 Å². The van der Waals surface area contributed by atoms with Gasteiger partial charge < -0.3 is 0 Å². The van der Waals surface area contributed by atoms with Crippen LogP contribution in [0.3, 0.4) is 0 Å². The summed E-state index contributed by atoms with van der Waals surface area (Å²) >= 11 is 1.43. The van der Waals surface area contributed by atoms with Crippen molar-refractivity contribution in [2.24, 2.45) is 0 Å². The van der Waals surface area contributed by atoms with E-state index in [1.165, 1.54) is 23.9 Å². The summed E-state index contributed by atoms with van der Waals surface area (Å²) in [5.41, 5.74) is 0.312. The van der Waals surface area contributed by atoms with Crippen LogP contribution in [0.1, 0.15) is 23.2 Å². The van der Waals surface area contributed by atoms with Crippen LogP contribution in [0.5, 0.6) is 0 Å². The lowest BCUT2D eigenvalue weighted by Crippen LogP contribution is -2.33. The van der Waals surface area contributed by atoms with Gasteiger partial charge in [-0.15, -0.1) is 0 Å². The molecule has 1 aliphatic heterocycles. The highest BCUT2D eigenvalue weighted by atomic mass is 32.2. The molecule has 2 heterocycles. The van der Waals surface area contributed by atoms with E-state index in [1.807, 2.05) is 12.1 Å². The van der Waals surface area contributed by atoms with Crippen molar-refractivity contribution in [1.29, 1.82) is 0 Å². The number of fused-ring (bicyclic) bond motifs is 2. The first-order valence-corrected chi connectivity index (χ1v) is 7.71. The van der Waals surface area contributed by atoms with Crippen LogP contribution in [0.25, 0.3) is 0 Å². The molecule has 0 saturated heterocycles. The predicted molar refractivity (Wildman–Crippen MR) is 81.3 cm³/mol. The molecule has 110 valence electrons. The Bertz CT molecular complexity index is 804. The zero-order valence-corrected chi connectivity index (χ0v) is 12.2. The highest BCUT2D eigenvalue weighted by molar-refractivity contribution is 7.99. The smallest absolute Gasteiger partial charge is 0.270 e. The van der Waals surface area contributed by atoms with Crippen molar-refractivity contribution in [2.45, 2.75) is 28.7 Å². The Labute approximate surface area is 130 Å². The Hall–Kier alpha value is -2.41. The number of hydrogen-bond donors (Lipinski definition) is 0. The molecule has 1 fully saturated rings. The van der Waals surface area contributed by atoms with Crippen LogP contribution in [0.2, 0.25) is 0 Å². The molecule has 1 aliphatic carbocycles. The minimum atomic E-state index is -0.476. The van der Waals surface area contributed by atoms with Gasteiger partial charge >= 0.3 is 0 Å². The molecule has 4 rings (SSSR count). The molecule has 1 amide bonds. The highest BCUT2D eigenvalue weighted by Crippen LogP contribution is 2.44. The second-order valence-corrected chi connectivity index (χ2v) is 6.35. The molecule has 22 heavy (non-hydrogen) atoms. The molecule has 0 spiro atoms. The Kier molecular flexibility index (Phi) is 2.90. The lowest BCUT2D eigenvalue weighted by Gasteiger charge is -2.20. The van der Waals surface area contributed by atoms with Crippen LogP contribution in [0.4, 0.5) is 11.5 Å². The van der Waals surface area contributed by atoms with Crippen LogP contribution >= 0.6 is 11.8 Å². The standard InChI is InChI=1S/C15H11N3O3S/c19-15-11-8-10(18(20)21)5-6-12(11)22-13-2-1-7-16-14(13)17(15)9-3-4-9/h1-2,5-9H,3-4H2. The van der Waals surface area contributed by atoms with E-state index in [-0.39, 0.29) is 17.6 Å². The summed E-state index contributed by atoms with van der Waals surface area (Å²) < 4.78 is 0. The molecule has 0 radical (unpaired) electrons. The molecule has 6 nitrogen and oxygen atoms in total. The van der Waals surface area contributed by atoms with Gasteiger partial charge in [-0.2, -0.15) is 0 Å². The fourth-order valence-corrected chi connectivity index (χ4v) is 3.56. The summed E-state index contributed by atoms with van der Waals surface area (Å²) in [6.07, 6.45) is 3.55. The number of anilines is 1. The molecule has 0 unspecified atom stereocenters. The van der Waals surface area contributed by atoms with Gasteiger partial charge in [0.05, 0.1) is 15.4 Å². The van der Waals surface area contributed by atoms with Crippen molar-refractivity contribution < 1.29 is 9.72 Å². The van der Waals surface area contributed by atoms with Crippen LogP contribution in [0, 0.1) is 10.1 Å². The van der Waals surface area contributed by atoms with E-state index < -0.39 is 4.92 Å². The number of hydrogen-bond acceptors (Lipinski definition) is 5. The van der Waals surface area contributed by atoms with Gasteiger partial charge in [-0.25, -0.2) is 4.98 Å². The molecule has 1 aromatic carbocycles.